The SMILES string of the molecule is COC(=O)[C@H]1C=C[C@H]1C(=O)Cl. The van der Waals surface area contributed by atoms with E-state index < -0.39 is 23.0 Å². The summed E-state index contributed by atoms with van der Waals surface area (Å²) in [5, 5.41) is -0.511. The number of carbonyl (C=O) groups excluding carboxylic acids is 2. The zero-order chi connectivity index (χ0) is 8.43. The Morgan fingerprint density at radius 1 is 1.36 bits per heavy atom. The highest BCUT2D eigenvalue weighted by molar-refractivity contribution is 6.64. The van der Waals surface area contributed by atoms with E-state index in [2.05, 4.69) is 4.74 Å². The first kappa shape index (κ1) is 8.27. The summed E-state index contributed by atoms with van der Waals surface area (Å²) in [6.45, 7) is 0. The van der Waals surface area contributed by atoms with Crippen molar-refractivity contribution in [3.05, 3.63) is 12.2 Å². The third-order valence-corrected chi connectivity index (χ3v) is 1.90. The molecular formula is C7H7ClO3. The van der Waals surface area contributed by atoms with Gasteiger partial charge >= 0.3 is 5.97 Å². The topological polar surface area (TPSA) is 43.4 Å². The van der Waals surface area contributed by atoms with Crippen LogP contribution < -0.4 is 0 Å². The standard InChI is InChI=1S/C7H7ClO3/c1-11-7(10)5-3-2-4(5)6(8)9/h2-5H,1H3/t4-,5+/m1/s1. The molecule has 0 radical (unpaired) electrons. The number of methoxy groups -OCH3 is 1. The highest BCUT2D eigenvalue weighted by Gasteiger charge is 2.35. The van der Waals surface area contributed by atoms with Crippen LogP contribution in [-0.4, -0.2) is 18.3 Å². The van der Waals surface area contributed by atoms with E-state index in [0.717, 1.165) is 0 Å². The second-order valence-corrected chi connectivity index (χ2v) is 2.64. The van der Waals surface area contributed by atoms with Crippen molar-refractivity contribution in [1.29, 1.82) is 0 Å². The molecule has 0 aromatic rings. The van der Waals surface area contributed by atoms with Crippen molar-refractivity contribution in [2.45, 2.75) is 0 Å². The molecule has 0 spiro atoms. The number of esters is 1. The lowest BCUT2D eigenvalue weighted by Crippen LogP contribution is -2.31. The molecule has 0 unspecified atom stereocenters. The molecule has 0 aliphatic heterocycles. The Labute approximate surface area is 69.0 Å². The minimum absolute atomic E-state index is 0.411. The quantitative estimate of drug-likeness (QED) is 0.352. The molecule has 4 heteroatoms. The average Bonchev–Trinajstić information content (AvgIpc) is 1.83. The van der Waals surface area contributed by atoms with Gasteiger partial charge in [0.25, 0.3) is 0 Å². The molecule has 60 valence electrons. The van der Waals surface area contributed by atoms with Gasteiger partial charge in [-0.1, -0.05) is 12.2 Å². The highest BCUT2D eigenvalue weighted by Crippen LogP contribution is 2.28. The molecule has 0 saturated heterocycles. The Bertz CT molecular complexity index is 222. The summed E-state index contributed by atoms with van der Waals surface area (Å²) in [7, 11) is 1.28. The van der Waals surface area contributed by atoms with Gasteiger partial charge in [-0.2, -0.15) is 0 Å². The number of allylic oxidation sites excluding steroid dienone is 1. The summed E-state index contributed by atoms with van der Waals surface area (Å²) in [5.74, 6) is -1.36. The Morgan fingerprint density at radius 3 is 2.18 bits per heavy atom. The van der Waals surface area contributed by atoms with Gasteiger partial charge in [-0.25, -0.2) is 0 Å². The van der Waals surface area contributed by atoms with E-state index >= 15 is 0 Å². The van der Waals surface area contributed by atoms with Gasteiger partial charge in [0.05, 0.1) is 18.9 Å². The lowest BCUT2D eigenvalue weighted by atomic mass is 9.83. The number of rotatable bonds is 2. The minimum atomic E-state index is -0.511. The van der Waals surface area contributed by atoms with Gasteiger partial charge in [0, 0.05) is 0 Å². The van der Waals surface area contributed by atoms with Crippen molar-refractivity contribution >= 4 is 22.8 Å². The molecular weight excluding hydrogens is 168 g/mol. The molecule has 11 heavy (non-hydrogen) atoms. The van der Waals surface area contributed by atoms with Gasteiger partial charge in [-0.3, -0.25) is 9.59 Å². The first-order valence-corrected chi connectivity index (χ1v) is 3.50. The summed E-state index contributed by atoms with van der Waals surface area (Å²) in [4.78, 5) is 21.4. The number of carbonyl (C=O) groups is 2. The molecule has 0 N–H and O–H groups in total. The molecule has 0 bridgehead atoms. The van der Waals surface area contributed by atoms with Crippen LogP contribution in [0.1, 0.15) is 0 Å². The van der Waals surface area contributed by atoms with Gasteiger partial charge in [0.2, 0.25) is 5.24 Å². The number of hydrogen-bond acceptors (Lipinski definition) is 3. The molecule has 0 heterocycles. The molecule has 1 aliphatic carbocycles. The maximum absolute atomic E-state index is 10.8. The Kier molecular flexibility index (Phi) is 2.29. The van der Waals surface area contributed by atoms with E-state index in [0.29, 0.717) is 0 Å². The van der Waals surface area contributed by atoms with Crippen LogP contribution in [0.15, 0.2) is 12.2 Å². The van der Waals surface area contributed by atoms with Gasteiger partial charge in [-0.05, 0) is 11.6 Å². The predicted molar refractivity (Wildman–Crippen MR) is 39.0 cm³/mol. The summed E-state index contributed by atoms with van der Waals surface area (Å²) in [6, 6.07) is 0. The smallest absolute Gasteiger partial charge is 0.313 e. The van der Waals surface area contributed by atoms with Crippen LogP contribution in [0.25, 0.3) is 0 Å². The highest BCUT2D eigenvalue weighted by atomic mass is 35.5. The van der Waals surface area contributed by atoms with Crippen LogP contribution >= 0.6 is 11.6 Å². The molecule has 1 rings (SSSR count). The van der Waals surface area contributed by atoms with Crippen molar-refractivity contribution < 1.29 is 14.3 Å². The second-order valence-electron chi connectivity index (χ2n) is 2.26. The zero-order valence-electron chi connectivity index (χ0n) is 5.91. The molecule has 0 aromatic carbocycles. The van der Waals surface area contributed by atoms with Crippen molar-refractivity contribution in [3.63, 3.8) is 0 Å². The van der Waals surface area contributed by atoms with Gasteiger partial charge in [-0.15, -0.1) is 0 Å². The Morgan fingerprint density at radius 2 is 1.91 bits per heavy atom. The van der Waals surface area contributed by atoms with Gasteiger partial charge in [0.15, 0.2) is 0 Å². The summed E-state index contributed by atoms with van der Waals surface area (Å²) >= 11 is 5.18. The van der Waals surface area contributed by atoms with Crippen LogP contribution in [0, 0.1) is 11.8 Å². The van der Waals surface area contributed by atoms with E-state index in [1.807, 2.05) is 0 Å². The van der Waals surface area contributed by atoms with E-state index in [1.54, 1.807) is 12.2 Å². The number of halogens is 1. The third-order valence-electron chi connectivity index (χ3n) is 1.65. The van der Waals surface area contributed by atoms with Crippen LogP contribution in [0.2, 0.25) is 0 Å². The molecule has 3 nitrogen and oxygen atoms in total. The van der Waals surface area contributed by atoms with Crippen LogP contribution in [0.3, 0.4) is 0 Å². The fourth-order valence-electron chi connectivity index (χ4n) is 0.911. The van der Waals surface area contributed by atoms with E-state index in [4.69, 9.17) is 11.6 Å². The Balaban J connectivity index is 2.59. The van der Waals surface area contributed by atoms with Crippen LogP contribution in [0.4, 0.5) is 0 Å². The summed E-state index contributed by atoms with van der Waals surface area (Å²) in [6.07, 6.45) is 3.20. The van der Waals surface area contributed by atoms with Crippen molar-refractivity contribution in [2.75, 3.05) is 7.11 Å². The second kappa shape index (κ2) is 3.05. The maximum atomic E-state index is 10.8. The van der Waals surface area contributed by atoms with E-state index in [-0.39, 0.29) is 0 Å². The molecule has 0 amide bonds. The molecule has 0 aromatic heterocycles. The molecule has 1 aliphatic rings. The van der Waals surface area contributed by atoms with Crippen molar-refractivity contribution in [2.24, 2.45) is 11.8 Å². The largest absolute Gasteiger partial charge is 0.469 e. The maximum Gasteiger partial charge on any atom is 0.313 e. The first-order valence-electron chi connectivity index (χ1n) is 3.12. The van der Waals surface area contributed by atoms with Gasteiger partial charge in [0.1, 0.15) is 0 Å². The molecule has 2 atom stereocenters. The predicted octanol–water partition coefficient (Wildman–Crippen LogP) is 0.727. The summed E-state index contributed by atoms with van der Waals surface area (Å²) < 4.78 is 4.43. The lowest BCUT2D eigenvalue weighted by molar-refractivity contribution is -0.147. The fourth-order valence-corrected chi connectivity index (χ4v) is 1.12. The monoisotopic (exact) mass is 174 g/mol. The molecule has 0 saturated carbocycles. The van der Waals surface area contributed by atoms with E-state index in [1.165, 1.54) is 7.11 Å². The first-order chi connectivity index (χ1) is 5.16. The molecule has 0 fully saturated rings. The minimum Gasteiger partial charge on any atom is -0.469 e. The third kappa shape index (κ3) is 1.43. The lowest BCUT2D eigenvalue weighted by Gasteiger charge is -2.23. The van der Waals surface area contributed by atoms with E-state index in [9.17, 15) is 9.59 Å². The van der Waals surface area contributed by atoms with Crippen molar-refractivity contribution in [1.82, 2.24) is 0 Å². The van der Waals surface area contributed by atoms with Crippen LogP contribution in [0.5, 0.6) is 0 Å². The normalized spacial score (nSPS) is 27.5. The fraction of sp³-hybridized carbons (Fsp3) is 0.429. The number of hydrogen-bond donors (Lipinski definition) is 0. The van der Waals surface area contributed by atoms with Crippen LogP contribution in [-0.2, 0) is 14.3 Å². The summed E-state index contributed by atoms with van der Waals surface area (Å²) in [5.41, 5.74) is 0. The Hall–Kier alpha value is -0.830. The number of ether oxygens (including phenoxy) is 1. The zero-order valence-corrected chi connectivity index (χ0v) is 6.67. The average molecular weight is 175 g/mol. The van der Waals surface area contributed by atoms with Crippen molar-refractivity contribution in [3.8, 4) is 0 Å². The van der Waals surface area contributed by atoms with Gasteiger partial charge < -0.3 is 4.74 Å².